The summed E-state index contributed by atoms with van der Waals surface area (Å²) in [6.07, 6.45) is 0.459. The largest absolute Gasteiger partial charge is 0.381 e. The summed E-state index contributed by atoms with van der Waals surface area (Å²) in [4.78, 5) is 10.9. The summed E-state index contributed by atoms with van der Waals surface area (Å²) in [5, 5.41) is 0. The predicted molar refractivity (Wildman–Crippen MR) is 47.2 cm³/mol. The molecule has 0 aliphatic heterocycles. The molecular weight excluding hydrogens is 156 g/mol. The quantitative estimate of drug-likeness (QED) is 0.545. The van der Waals surface area contributed by atoms with Crippen LogP contribution in [-0.4, -0.2) is 32.7 Å². The molecule has 3 heteroatoms. The molecule has 0 saturated heterocycles. The number of hydrogen-bond acceptors (Lipinski definition) is 3. The molecule has 0 aromatic rings. The number of hydrogen-bond donors (Lipinski definition) is 0. The zero-order valence-electron chi connectivity index (χ0n) is 8.13. The first kappa shape index (κ1) is 11.6. The van der Waals surface area contributed by atoms with Crippen molar-refractivity contribution in [3.05, 3.63) is 0 Å². The molecule has 0 atom stereocenters. The highest BCUT2D eigenvalue weighted by Gasteiger charge is 2.00. The molecule has 0 heterocycles. The van der Waals surface area contributed by atoms with E-state index in [-0.39, 0.29) is 12.4 Å². The minimum Gasteiger partial charge on any atom is -0.381 e. The van der Waals surface area contributed by atoms with E-state index in [4.69, 9.17) is 4.74 Å². The van der Waals surface area contributed by atoms with E-state index in [9.17, 15) is 4.79 Å². The highest BCUT2D eigenvalue weighted by atomic mass is 16.5. The number of methoxy groups -OCH3 is 1. The lowest BCUT2D eigenvalue weighted by atomic mass is 10.2. The average Bonchev–Trinajstić information content (AvgIpc) is 1.98. The van der Waals surface area contributed by atoms with Crippen LogP contribution in [0.4, 0.5) is 0 Å². The fourth-order valence-corrected chi connectivity index (χ4v) is 0.738. The van der Waals surface area contributed by atoms with Crippen molar-refractivity contribution < 1.29 is 14.3 Å². The van der Waals surface area contributed by atoms with Crippen molar-refractivity contribution in [1.29, 1.82) is 0 Å². The van der Waals surface area contributed by atoms with E-state index in [1.54, 1.807) is 0 Å². The lowest BCUT2D eigenvalue weighted by molar-refractivity contribution is -0.123. The Morgan fingerprint density at radius 2 is 2.08 bits per heavy atom. The monoisotopic (exact) mass is 174 g/mol. The van der Waals surface area contributed by atoms with E-state index in [1.165, 1.54) is 7.11 Å². The normalized spacial score (nSPS) is 10.7. The zero-order valence-corrected chi connectivity index (χ0v) is 8.13. The van der Waals surface area contributed by atoms with Gasteiger partial charge in [-0.15, -0.1) is 0 Å². The van der Waals surface area contributed by atoms with E-state index >= 15 is 0 Å². The van der Waals surface area contributed by atoms with Crippen LogP contribution in [-0.2, 0) is 14.3 Å². The smallest absolute Gasteiger partial charge is 0.160 e. The number of rotatable bonds is 7. The van der Waals surface area contributed by atoms with Gasteiger partial charge in [-0.3, -0.25) is 4.79 Å². The summed E-state index contributed by atoms with van der Waals surface area (Å²) in [7, 11) is 1.52. The third kappa shape index (κ3) is 7.69. The maximum atomic E-state index is 10.9. The van der Waals surface area contributed by atoms with Gasteiger partial charge in [-0.2, -0.15) is 0 Å². The maximum absolute atomic E-state index is 10.9. The van der Waals surface area contributed by atoms with Crippen LogP contribution in [0, 0.1) is 5.92 Å². The van der Waals surface area contributed by atoms with E-state index in [2.05, 4.69) is 18.6 Å². The summed E-state index contributed by atoms with van der Waals surface area (Å²) in [5.74, 6) is 0.629. The van der Waals surface area contributed by atoms with Crippen LogP contribution >= 0.6 is 0 Å². The predicted octanol–water partition coefficient (Wildman–Crippen LogP) is 1.26. The van der Waals surface area contributed by atoms with Crippen molar-refractivity contribution in [2.24, 2.45) is 5.92 Å². The van der Waals surface area contributed by atoms with E-state index < -0.39 is 0 Å². The van der Waals surface area contributed by atoms with Crippen LogP contribution in [0.1, 0.15) is 20.3 Å². The van der Waals surface area contributed by atoms with Crippen LogP contribution in [0.2, 0.25) is 0 Å². The molecule has 0 N–H and O–H groups in total. The second kappa shape index (κ2) is 7.25. The number of Topliss-reactive ketones (excluding diaryl/α,β-unsaturated/α-hetero) is 1. The summed E-state index contributed by atoms with van der Waals surface area (Å²) in [6.45, 7) is 5.60. The Bertz CT molecular complexity index is 121. The third-order valence-corrected chi connectivity index (χ3v) is 1.28. The van der Waals surface area contributed by atoms with Crippen molar-refractivity contribution in [1.82, 2.24) is 0 Å². The molecule has 0 unspecified atom stereocenters. The Morgan fingerprint density at radius 3 is 2.58 bits per heavy atom. The molecule has 0 aliphatic rings. The molecule has 0 aliphatic carbocycles. The van der Waals surface area contributed by atoms with Crippen molar-refractivity contribution in [2.75, 3.05) is 26.9 Å². The standard InChI is InChI=1S/C9H18O3/c1-8(2)6-12-5-4-9(10)7-11-3/h8H,4-7H2,1-3H3. The second-order valence-electron chi connectivity index (χ2n) is 3.19. The number of ether oxygens (including phenoxy) is 2. The molecule has 0 bridgehead atoms. The van der Waals surface area contributed by atoms with Crippen LogP contribution in [0.25, 0.3) is 0 Å². The van der Waals surface area contributed by atoms with Crippen LogP contribution in [0.3, 0.4) is 0 Å². The van der Waals surface area contributed by atoms with Gasteiger partial charge < -0.3 is 9.47 Å². The lowest BCUT2D eigenvalue weighted by Gasteiger charge is -2.05. The first-order chi connectivity index (χ1) is 5.66. The molecule has 0 spiro atoms. The van der Waals surface area contributed by atoms with Crippen molar-refractivity contribution >= 4 is 5.78 Å². The molecule has 0 saturated carbocycles. The van der Waals surface area contributed by atoms with Crippen LogP contribution < -0.4 is 0 Å². The first-order valence-corrected chi connectivity index (χ1v) is 4.25. The molecule has 0 amide bonds. The van der Waals surface area contributed by atoms with Gasteiger partial charge in [0, 0.05) is 20.1 Å². The van der Waals surface area contributed by atoms with Gasteiger partial charge in [-0.25, -0.2) is 0 Å². The number of ketones is 1. The molecule has 0 radical (unpaired) electrons. The zero-order chi connectivity index (χ0) is 9.40. The summed E-state index contributed by atoms with van der Waals surface area (Å²) in [6, 6.07) is 0. The highest BCUT2D eigenvalue weighted by Crippen LogP contribution is 1.93. The summed E-state index contributed by atoms with van der Waals surface area (Å²) >= 11 is 0. The topological polar surface area (TPSA) is 35.5 Å². The van der Waals surface area contributed by atoms with Crippen LogP contribution in [0.5, 0.6) is 0 Å². The molecule has 0 aromatic heterocycles. The molecule has 0 rings (SSSR count). The van der Waals surface area contributed by atoms with Gasteiger partial charge in [-0.1, -0.05) is 13.8 Å². The van der Waals surface area contributed by atoms with Gasteiger partial charge in [0.15, 0.2) is 5.78 Å². The number of carbonyl (C=O) groups is 1. The Hall–Kier alpha value is -0.410. The van der Waals surface area contributed by atoms with Crippen molar-refractivity contribution in [2.45, 2.75) is 20.3 Å². The average molecular weight is 174 g/mol. The Morgan fingerprint density at radius 1 is 1.42 bits per heavy atom. The Balaban J connectivity index is 3.14. The Labute approximate surface area is 74.0 Å². The fourth-order valence-electron chi connectivity index (χ4n) is 0.738. The molecular formula is C9H18O3. The van der Waals surface area contributed by atoms with E-state index in [0.717, 1.165) is 6.61 Å². The summed E-state index contributed by atoms with van der Waals surface area (Å²) in [5.41, 5.74) is 0. The molecule has 72 valence electrons. The SMILES string of the molecule is COCC(=O)CCOCC(C)C. The molecule has 0 aromatic carbocycles. The Kier molecular flexibility index (Phi) is 7.00. The van der Waals surface area contributed by atoms with Gasteiger partial charge in [0.1, 0.15) is 6.61 Å². The summed E-state index contributed by atoms with van der Waals surface area (Å²) < 4.78 is 9.91. The third-order valence-electron chi connectivity index (χ3n) is 1.28. The highest BCUT2D eigenvalue weighted by molar-refractivity contribution is 5.79. The number of carbonyl (C=O) groups excluding carboxylic acids is 1. The van der Waals surface area contributed by atoms with Crippen molar-refractivity contribution in [3.63, 3.8) is 0 Å². The van der Waals surface area contributed by atoms with Gasteiger partial charge in [0.25, 0.3) is 0 Å². The molecule has 0 fully saturated rings. The van der Waals surface area contributed by atoms with E-state index in [0.29, 0.717) is 18.9 Å². The minimum atomic E-state index is 0.0984. The van der Waals surface area contributed by atoms with Crippen molar-refractivity contribution in [3.8, 4) is 0 Å². The molecule has 12 heavy (non-hydrogen) atoms. The minimum absolute atomic E-state index is 0.0984. The second-order valence-corrected chi connectivity index (χ2v) is 3.19. The van der Waals surface area contributed by atoms with E-state index in [1.807, 2.05) is 0 Å². The van der Waals surface area contributed by atoms with Gasteiger partial charge in [-0.05, 0) is 5.92 Å². The van der Waals surface area contributed by atoms with Gasteiger partial charge >= 0.3 is 0 Å². The molecule has 3 nitrogen and oxygen atoms in total. The van der Waals surface area contributed by atoms with Gasteiger partial charge in [0.05, 0.1) is 6.61 Å². The van der Waals surface area contributed by atoms with Gasteiger partial charge in [0.2, 0.25) is 0 Å². The first-order valence-electron chi connectivity index (χ1n) is 4.25. The lowest BCUT2D eigenvalue weighted by Crippen LogP contribution is -2.11. The maximum Gasteiger partial charge on any atom is 0.160 e. The van der Waals surface area contributed by atoms with Crippen LogP contribution in [0.15, 0.2) is 0 Å². The fraction of sp³-hybridized carbons (Fsp3) is 0.889.